The Labute approximate surface area is 221 Å². The van der Waals surface area contributed by atoms with E-state index in [-0.39, 0.29) is 29.6 Å². The predicted octanol–water partition coefficient (Wildman–Crippen LogP) is 4.83. The molecule has 0 aliphatic carbocycles. The summed E-state index contributed by atoms with van der Waals surface area (Å²) in [6.45, 7) is 10.3. The number of nitrogens with zero attached hydrogens (tertiary/aromatic N) is 3. The molecule has 0 radical (unpaired) electrons. The van der Waals surface area contributed by atoms with Crippen LogP contribution in [0.4, 0.5) is 8.78 Å². The molecule has 0 saturated heterocycles. The van der Waals surface area contributed by atoms with Crippen LogP contribution in [0.2, 0.25) is 0 Å². The molecule has 38 heavy (non-hydrogen) atoms. The van der Waals surface area contributed by atoms with E-state index in [1.807, 2.05) is 63.6 Å². The zero-order chi connectivity index (χ0) is 27.8. The van der Waals surface area contributed by atoms with E-state index in [9.17, 15) is 18.4 Å². The van der Waals surface area contributed by atoms with Gasteiger partial charge in [-0.2, -0.15) is 5.10 Å². The second kappa shape index (κ2) is 10.4. The van der Waals surface area contributed by atoms with Crippen molar-refractivity contribution < 1.29 is 23.1 Å². The van der Waals surface area contributed by atoms with E-state index < -0.39 is 23.0 Å². The Bertz CT molecular complexity index is 1410. The van der Waals surface area contributed by atoms with E-state index in [1.54, 1.807) is 7.11 Å². The zero-order valence-electron chi connectivity index (χ0n) is 22.4. The van der Waals surface area contributed by atoms with Gasteiger partial charge in [0.1, 0.15) is 11.4 Å². The van der Waals surface area contributed by atoms with Crippen LogP contribution in [0.3, 0.4) is 0 Å². The summed E-state index contributed by atoms with van der Waals surface area (Å²) in [5, 5.41) is 7.75. The molecule has 0 unspecified atom stereocenters. The van der Waals surface area contributed by atoms with Gasteiger partial charge in [0, 0.05) is 41.0 Å². The van der Waals surface area contributed by atoms with Crippen LogP contribution >= 0.6 is 0 Å². The number of halogens is 2. The van der Waals surface area contributed by atoms with Crippen LogP contribution in [0.15, 0.2) is 48.7 Å². The Kier molecular flexibility index (Phi) is 7.40. The number of carbonyl (C=O) groups is 2. The molecule has 0 atom stereocenters. The fourth-order valence-corrected chi connectivity index (χ4v) is 4.80. The number of carbonyl (C=O) groups excluding carboxylic acids is 2. The number of rotatable bonds is 6. The minimum absolute atomic E-state index is 0.0135. The smallest absolute Gasteiger partial charge is 0.257 e. The number of hydrogen-bond acceptors (Lipinski definition) is 4. The highest BCUT2D eigenvalue weighted by Gasteiger charge is 2.38. The minimum Gasteiger partial charge on any atom is -0.497 e. The summed E-state index contributed by atoms with van der Waals surface area (Å²) in [4.78, 5) is 28.2. The number of ether oxygens (including phenoxy) is 1. The fourth-order valence-electron chi connectivity index (χ4n) is 4.80. The molecule has 200 valence electrons. The molecule has 7 nitrogen and oxygen atoms in total. The molecule has 0 fully saturated rings. The van der Waals surface area contributed by atoms with Gasteiger partial charge in [-0.3, -0.25) is 14.3 Å². The monoisotopic (exact) mass is 522 g/mol. The van der Waals surface area contributed by atoms with Gasteiger partial charge in [-0.25, -0.2) is 8.78 Å². The Hall–Kier alpha value is -4.01. The maximum Gasteiger partial charge on any atom is 0.257 e. The lowest BCUT2D eigenvalue weighted by Gasteiger charge is -2.30. The SMILES string of the molecule is COc1ccc(Cn2nc3c(c2C)C(C)(C)CN(C(=O)c2ccc(F)c(F)c2)C=C3C(=O)NC(C)C)cc1. The fraction of sp³-hybridized carbons (Fsp3) is 0.345. The molecule has 1 aliphatic heterocycles. The molecule has 0 bridgehead atoms. The first-order valence-electron chi connectivity index (χ1n) is 12.4. The largest absolute Gasteiger partial charge is 0.497 e. The molecule has 2 amide bonds. The lowest BCUT2D eigenvalue weighted by Crippen LogP contribution is -2.37. The van der Waals surface area contributed by atoms with Crippen molar-refractivity contribution in [2.45, 2.75) is 52.6 Å². The van der Waals surface area contributed by atoms with Gasteiger partial charge in [-0.05, 0) is 56.7 Å². The number of hydrogen-bond donors (Lipinski definition) is 1. The third-order valence-corrected chi connectivity index (χ3v) is 6.57. The van der Waals surface area contributed by atoms with E-state index in [0.29, 0.717) is 12.2 Å². The summed E-state index contributed by atoms with van der Waals surface area (Å²) >= 11 is 0. The van der Waals surface area contributed by atoms with Crippen molar-refractivity contribution in [3.8, 4) is 5.75 Å². The quantitative estimate of drug-likeness (QED) is 0.504. The van der Waals surface area contributed by atoms with Crippen LogP contribution in [0.1, 0.15) is 60.6 Å². The molecule has 1 aliphatic rings. The van der Waals surface area contributed by atoms with E-state index in [0.717, 1.165) is 34.7 Å². The van der Waals surface area contributed by atoms with Crippen LogP contribution in [-0.2, 0) is 16.8 Å². The van der Waals surface area contributed by atoms with E-state index >= 15 is 0 Å². The second-order valence-electron chi connectivity index (χ2n) is 10.4. The lowest BCUT2D eigenvalue weighted by atomic mass is 9.82. The molecule has 3 aromatic rings. The highest BCUT2D eigenvalue weighted by molar-refractivity contribution is 6.20. The molecule has 9 heteroatoms. The first-order valence-corrected chi connectivity index (χ1v) is 12.4. The second-order valence-corrected chi connectivity index (χ2v) is 10.4. The van der Waals surface area contributed by atoms with E-state index in [4.69, 9.17) is 9.84 Å². The predicted molar refractivity (Wildman–Crippen MR) is 141 cm³/mol. The van der Waals surface area contributed by atoms with E-state index in [1.165, 1.54) is 17.2 Å². The maximum absolute atomic E-state index is 13.9. The molecular weight excluding hydrogens is 490 g/mol. The first-order chi connectivity index (χ1) is 17.9. The minimum atomic E-state index is -1.11. The average molecular weight is 523 g/mol. The Morgan fingerprint density at radius 3 is 2.39 bits per heavy atom. The van der Waals surface area contributed by atoms with Crippen molar-refractivity contribution in [3.05, 3.63) is 88.4 Å². The summed E-state index contributed by atoms with van der Waals surface area (Å²) in [6, 6.07) is 10.6. The summed E-state index contributed by atoms with van der Waals surface area (Å²) in [7, 11) is 1.61. The van der Waals surface area contributed by atoms with Gasteiger partial charge in [-0.15, -0.1) is 0 Å². The average Bonchev–Trinajstić information content (AvgIpc) is 3.12. The number of benzene rings is 2. The van der Waals surface area contributed by atoms with Crippen molar-refractivity contribution >= 4 is 17.4 Å². The number of aromatic nitrogens is 2. The number of amides is 2. The van der Waals surface area contributed by atoms with Gasteiger partial charge in [0.2, 0.25) is 0 Å². The van der Waals surface area contributed by atoms with Crippen molar-refractivity contribution in [2.75, 3.05) is 13.7 Å². The van der Waals surface area contributed by atoms with E-state index in [2.05, 4.69) is 5.32 Å². The standard InChI is InChI=1S/C29H32F2N4O3/c1-17(2)32-27(36)22-15-34(28(37)20-9-12-23(30)24(31)13-20)16-29(4,5)25-18(3)35(33-26(22)25)14-19-7-10-21(38-6)11-8-19/h7-13,15,17H,14,16H2,1-6H3,(H,32,36). The third-order valence-electron chi connectivity index (χ3n) is 6.57. The third kappa shape index (κ3) is 5.32. The summed E-state index contributed by atoms with van der Waals surface area (Å²) in [6.07, 6.45) is 1.47. The highest BCUT2D eigenvalue weighted by Crippen LogP contribution is 2.38. The Balaban J connectivity index is 1.81. The van der Waals surface area contributed by atoms with Crippen LogP contribution < -0.4 is 10.1 Å². The molecule has 0 saturated carbocycles. The summed E-state index contributed by atoms with van der Waals surface area (Å²) < 4.78 is 34.5. The Morgan fingerprint density at radius 1 is 1.11 bits per heavy atom. The number of methoxy groups -OCH3 is 1. The normalized spacial score (nSPS) is 14.6. The molecule has 4 rings (SSSR count). The van der Waals surface area contributed by atoms with Gasteiger partial charge < -0.3 is 15.0 Å². The van der Waals surface area contributed by atoms with Gasteiger partial charge in [0.15, 0.2) is 11.6 Å². The summed E-state index contributed by atoms with van der Waals surface area (Å²) in [5.74, 6) is -2.31. The molecule has 2 heterocycles. The zero-order valence-corrected chi connectivity index (χ0v) is 22.4. The van der Waals surface area contributed by atoms with Crippen molar-refractivity contribution in [3.63, 3.8) is 0 Å². The number of nitrogens with one attached hydrogen (secondary N) is 1. The van der Waals surface area contributed by atoms with Gasteiger partial charge in [0.25, 0.3) is 11.8 Å². The Morgan fingerprint density at radius 2 is 1.79 bits per heavy atom. The van der Waals surface area contributed by atoms with Crippen LogP contribution in [0.5, 0.6) is 5.75 Å². The van der Waals surface area contributed by atoms with Crippen LogP contribution in [-0.4, -0.2) is 46.2 Å². The molecule has 1 N–H and O–H groups in total. The molecule has 1 aromatic heterocycles. The van der Waals surface area contributed by atoms with Crippen LogP contribution in [0.25, 0.3) is 5.57 Å². The molecular formula is C29H32F2N4O3. The molecule has 0 spiro atoms. The van der Waals surface area contributed by atoms with Gasteiger partial charge >= 0.3 is 0 Å². The van der Waals surface area contributed by atoms with Crippen molar-refractivity contribution in [2.24, 2.45) is 0 Å². The lowest BCUT2D eigenvalue weighted by molar-refractivity contribution is -0.116. The van der Waals surface area contributed by atoms with Gasteiger partial charge in [0.05, 0.1) is 19.2 Å². The number of fused-ring (bicyclic) bond motifs is 1. The van der Waals surface area contributed by atoms with Crippen molar-refractivity contribution in [1.82, 2.24) is 20.0 Å². The summed E-state index contributed by atoms with van der Waals surface area (Å²) in [5.41, 5.74) is 2.80. The van der Waals surface area contributed by atoms with Gasteiger partial charge in [-0.1, -0.05) is 26.0 Å². The van der Waals surface area contributed by atoms with Crippen molar-refractivity contribution in [1.29, 1.82) is 0 Å². The molecule has 2 aromatic carbocycles. The highest BCUT2D eigenvalue weighted by atomic mass is 19.2. The topological polar surface area (TPSA) is 76.5 Å². The maximum atomic E-state index is 13.9. The van der Waals surface area contributed by atoms with Crippen LogP contribution in [0, 0.1) is 18.6 Å². The first kappa shape index (κ1) is 27.0.